The van der Waals surface area contributed by atoms with Crippen LogP contribution in [0.3, 0.4) is 0 Å². The molecule has 1 saturated heterocycles. The van der Waals surface area contributed by atoms with E-state index in [0.717, 1.165) is 31.4 Å². The first-order chi connectivity index (χ1) is 14.1. The van der Waals surface area contributed by atoms with Gasteiger partial charge in [-0.25, -0.2) is 4.98 Å². The number of carbonyl (C=O) groups is 1. The maximum atomic E-state index is 13.1. The van der Waals surface area contributed by atoms with E-state index in [9.17, 15) is 9.59 Å². The summed E-state index contributed by atoms with van der Waals surface area (Å²) in [4.78, 5) is 32.6. The van der Waals surface area contributed by atoms with Crippen LogP contribution in [0.5, 0.6) is 0 Å². The molecule has 3 heterocycles. The molecule has 2 aromatic heterocycles. The number of amides is 1. The lowest BCUT2D eigenvalue weighted by Crippen LogP contribution is -2.39. The number of benzene rings is 1. The van der Waals surface area contributed by atoms with Crippen LogP contribution in [0.2, 0.25) is 0 Å². The SMILES string of the molecule is CC(CNC(=O)Cn1c(N2CCCCC2)nc2ccsc2c1=O)c1ccccc1. The fourth-order valence-corrected chi connectivity index (χ4v) is 4.55. The first-order valence-electron chi connectivity index (χ1n) is 10.2. The highest BCUT2D eigenvalue weighted by molar-refractivity contribution is 7.17. The Labute approximate surface area is 174 Å². The van der Waals surface area contributed by atoms with E-state index in [4.69, 9.17) is 4.98 Å². The average molecular weight is 411 g/mol. The van der Waals surface area contributed by atoms with E-state index in [1.807, 2.05) is 29.6 Å². The highest BCUT2D eigenvalue weighted by atomic mass is 32.1. The monoisotopic (exact) mass is 410 g/mol. The molecule has 1 fully saturated rings. The number of aromatic nitrogens is 2. The second-order valence-electron chi connectivity index (χ2n) is 7.60. The van der Waals surface area contributed by atoms with Gasteiger partial charge in [0.1, 0.15) is 11.2 Å². The number of thiophene rings is 1. The van der Waals surface area contributed by atoms with Crippen molar-refractivity contribution in [3.05, 3.63) is 57.7 Å². The summed E-state index contributed by atoms with van der Waals surface area (Å²) in [6.45, 7) is 4.35. The van der Waals surface area contributed by atoms with Crippen LogP contribution in [-0.2, 0) is 11.3 Å². The molecule has 3 aromatic rings. The normalized spacial score (nSPS) is 15.4. The van der Waals surface area contributed by atoms with E-state index >= 15 is 0 Å². The fourth-order valence-electron chi connectivity index (χ4n) is 3.78. The van der Waals surface area contributed by atoms with Crippen molar-refractivity contribution >= 4 is 33.4 Å². The third-order valence-corrected chi connectivity index (χ3v) is 6.35. The zero-order valence-corrected chi connectivity index (χ0v) is 17.5. The molecule has 1 aromatic carbocycles. The van der Waals surface area contributed by atoms with Gasteiger partial charge in [0, 0.05) is 19.6 Å². The second-order valence-corrected chi connectivity index (χ2v) is 8.52. The zero-order chi connectivity index (χ0) is 20.2. The summed E-state index contributed by atoms with van der Waals surface area (Å²) in [7, 11) is 0. The Morgan fingerprint density at radius 3 is 2.69 bits per heavy atom. The van der Waals surface area contributed by atoms with Gasteiger partial charge in [0.2, 0.25) is 11.9 Å². The van der Waals surface area contributed by atoms with Crippen LogP contribution in [0.4, 0.5) is 5.95 Å². The predicted octanol–water partition coefficient (Wildman–Crippen LogP) is 3.37. The molecule has 1 aliphatic heterocycles. The number of nitrogens with zero attached hydrogens (tertiary/aromatic N) is 3. The number of hydrogen-bond acceptors (Lipinski definition) is 5. The minimum atomic E-state index is -0.161. The van der Waals surface area contributed by atoms with Crippen LogP contribution >= 0.6 is 11.3 Å². The number of hydrogen-bond donors (Lipinski definition) is 1. The number of nitrogens with one attached hydrogen (secondary N) is 1. The van der Waals surface area contributed by atoms with Crippen LogP contribution in [-0.4, -0.2) is 35.1 Å². The molecule has 0 aliphatic carbocycles. The van der Waals surface area contributed by atoms with Crippen molar-refractivity contribution in [2.24, 2.45) is 0 Å². The van der Waals surface area contributed by atoms with Crippen LogP contribution in [0, 0.1) is 0 Å². The third kappa shape index (κ3) is 4.34. The van der Waals surface area contributed by atoms with Crippen molar-refractivity contribution in [3.63, 3.8) is 0 Å². The lowest BCUT2D eigenvalue weighted by atomic mass is 10.0. The minimum absolute atomic E-state index is 0.00693. The lowest BCUT2D eigenvalue weighted by molar-refractivity contribution is -0.121. The van der Waals surface area contributed by atoms with Gasteiger partial charge in [0.25, 0.3) is 5.56 Å². The van der Waals surface area contributed by atoms with Crippen LogP contribution < -0.4 is 15.8 Å². The number of carbonyl (C=O) groups excluding carboxylic acids is 1. The first-order valence-corrected chi connectivity index (χ1v) is 11.1. The summed E-state index contributed by atoms with van der Waals surface area (Å²) in [6, 6.07) is 12.0. The molecule has 1 atom stereocenters. The Balaban J connectivity index is 1.53. The molecular formula is C22H26N4O2S. The predicted molar refractivity (Wildman–Crippen MR) is 118 cm³/mol. The van der Waals surface area contributed by atoms with Crippen molar-refractivity contribution in [2.75, 3.05) is 24.5 Å². The molecule has 7 heteroatoms. The molecule has 0 spiro atoms. The number of piperidine rings is 1. The van der Waals surface area contributed by atoms with E-state index < -0.39 is 0 Å². The average Bonchev–Trinajstić information content (AvgIpc) is 3.24. The maximum absolute atomic E-state index is 13.1. The maximum Gasteiger partial charge on any atom is 0.273 e. The van der Waals surface area contributed by atoms with Crippen molar-refractivity contribution in [2.45, 2.75) is 38.6 Å². The molecule has 0 bridgehead atoms. The quantitative estimate of drug-likeness (QED) is 0.677. The molecule has 1 N–H and O–H groups in total. The largest absolute Gasteiger partial charge is 0.354 e. The van der Waals surface area contributed by atoms with Gasteiger partial charge in [-0.15, -0.1) is 11.3 Å². The summed E-state index contributed by atoms with van der Waals surface area (Å²) in [5, 5.41) is 4.87. The van der Waals surface area contributed by atoms with Crippen molar-refractivity contribution in [3.8, 4) is 0 Å². The first kappa shape index (κ1) is 19.6. The smallest absolute Gasteiger partial charge is 0.273 e. The zero-order valence-electron chi connectivity index (χ0n) is 16.6. The van der Waals surface area contributed by atoms with E-state index in [2.05, 4.69) is 29.3 Å². The number of fused-ring (bicyclic) bond motifs is 1. The molecule has 29 heavy (non-hydrogen) atoms. The second kappa shape index (κ2) is 8.78. The number of rotatable bonds is 6. The van der Waals surface area contributed by atoms with Crippen molar-refractivity contribution < 1.29 is 4.79 Å². The molecular weight excluding hydrogens is 384 g/mol. The van der Waals surface area contributed by atoms with E-state index in [1.165, 1.54) is 23.3 Å². The lowest BCUT2D eigenvalue weighted by Gasteiger charge is -2.29. The minimum Gasteiger partial charge on any atom is -0.354 e. The summed E-state index contributed by atoms with van der Waals surface area (Å²) < 4.78 is 2.16. The molecule has 0 saturated carbocycles. The topological polar surface area (TPSA) is 67.2 Å². The standard InChI is InChI=1S/C22H26N4O2S/c1-16(17-8-4-2-5-9-17)14-23-19(27)15-26-21(28)20-18(10-13-29-20)24-22(26)25-11-6-3-7-12-25/h2,4-5,8-10,13,16H,3,6-7,11-12,14-15H2,1H3,(H,23,27). The van der Waals surface area contributed by atoms with E-state index in [0.29, 0.717) is 17.2 Å². The highest BCUT2D eigenvalue weighted by Crippen LogP contribution is 2.22. The molecule has 6 nitrogen and oxygen atoms in total. The van der Waals surface area contributed by atoms with Gasteiger partial charge in [0.15, 0.2) is 0 Å². The third-order valence-electron chi connectivity index (χ3n) is 5.46. The van der Waals surface area contributed by atoms with E-state index in [1.54, 1.807) is 4.57 Å². The Bertz CT molecular complexity index is 1040. The van der Waals surface area contributed by atoms with Crippen LogP contribution in [0.15, 0.2) is 46.6 Å². The summed E-state index contributed by atoms with van der Waals surface area (Å²) in [5.74, 6) is 0.661. The van der Waals surface area contributed by atoms with Gasteiger partial charge >= 0.3 is 0 Å². The number of anilines is 1. The molecule has 1 unspecified atom stereocenters. The molecule has 0 radical (unpaired) electrons. The van der Waals surface area contributed by atoms with Gasteiger partial charge in [-0.3, -0.25) is 14.2 Å². The Kier molecular flexibility index (Phi) is 5.94. The van der Waals surface area contributed by atoms with Gasteiger partial charge in [0.05, 0.1) is 5.52 Å². The Hall–Kier alpha value is -2.67. The van der Waals surface area contributed by atoms with Gasteiger partial charge in [-0.1, -0.05) is 37.3 Å². The van der Waals surface area contributed by atoms with Gasteiger partial charge in [-0.2, -0.15) is 0 Å². The Morgan fingerprint density at radius 1 is 1.17 bits per heavy atom. The highest BCUT2D eigenvalue weighted by Gasteiger charge is 2.21. The fraction of sp³-hybridized carbons (Fsp3) is 0.409. The molecule has 1 aliphatic rings. The van der Waals surface area contributed by atoms with E-state index in [-0.39, 0.29) is 23.9 Å². The molecule has 1 amide bonds. The van der Waals surface area contributed by atoms with Gasteiger partial charge in [-0.05, 0) is 42.2 Å². The summed E-state index contributed by atoms with van der Waals surface area (Å²) in [6.07, 6.45) is 3.36. The molecule has 4 rings (SSSR count). The summed E-state index contributed by atoms with van der Waals surface area (Å²) in [5.41, 5.74) is 1.77. The Morgan fingerprint density at radius 2 is 1.93 bits per heavy atom. The molecule has 152 valence electrons. The van der Waals surface area contributed by atoms with Gasteiger partial charge < -0.3 is 10.2 Å². The van der Waals surface area contributed by atoms with Crippen LogP contribution in [0.1, 0.15) is 37.7 Å². The van der Waals surface area contributed by atoms with Crippen LogP contribution in [0.25, 0.3) is 10.2 Å². The van der Waals surface area contributed by atoms with Crippen molar-refractivity contribution in [1.29, 1.82) is 0 Å². The van der Waals surface area contributed by atoms with Crippen molar-refractivity contribution in [1.82, 2.24) is 14.9 Å². The summed E-state index contributed by atoms with van der Waals surface area (Å²) >= 11 is 1.38.